The zero-order valence-electron chi connectivity index (χ0n) is 8.30. The molecular weight excluding hydrogens is 238 g/mol. The third-order valence-corrected chi connectivity index (χ3v) is 2.56. The molecular formula is C8H14ClN3O2S. The van der Waals surface area contributed by atoms with E-state index in [1.54, 1.807) is 0 Å². The maximum atomic E-state index is 11.1. The van der Waals surface area contributed by atoms with Gasteiger partial charge in [0.25, 0.3) is 0 Å². The summed E-state index contributed by atoms with van der Waals surface area (Å²) in [6.45, 7) is 2.64. The average molecular weight is 252 g/mol. The van der Waals surface area contributed by atoms with Gasteiger partial charge in [-0.15, -0.1) is 12.4 Å². The van der Waals surface area contributed by atoms with E-state index in [1.807, 2.05) is 6.92 Å². The Kier molecular flexibility index (Phi) is 5.56. The number of hydrogen-bond donors (Lipinski definition) is 2. The molecule has 86 valence electrons. The predicted molar refractivity (Wildman–Crippen MR) is 61.6 cm³/mol. The van der Waals surface area contributed by atoms with Crippen LogP contribution in [0.5, 0.6) is 0 Å². The monoisotopic (exact) mass is 251 g/mol. The fraction of sp³-hybridized carbons (Fsp3) is 0.375. The summed E-state index contributed by atoms with van der Waals surface area (Å²) in [6.07, 6.45) is 2.41. The lowest BCUT2D eigenvalue weighted by Crippen LogP contribution is -2.16. The molecule has 0 aromatic carbocycles. The smallest absolute Gasteiger partial charge is 0.241 e. The molecule has 15 heavy (non-hydrogen) atoms. The molecule has 0 saturated heterocycles. The standard InChI is InChI=1S/C8H13N3O2S.ClH/c1-2-5-10-8-7(14(9,12)13)4-3-6-11-8;/h3-4,6H,2,5H2,1H3,(H,10,11)(H2,9,12,13);1H. The molecule has 1 aromatic rings. The Morgan fingerprint density at radius 2 is 2.20 bits per heavy atom. The van der Waals surface area contributed by atoms with E-state index >= 15 is 0 Å². The van der Waals surface area contributed by atoms with E-state index in [1.165, 1.54) is 18.3 Å². The summed E-state index contributed by atoms with van der Waals surface area (Å²) in [7, 11) is -3.69. The van der Waals surface area contributed by atoms with Crippen LogP contribution < -0.4 is 10.5 Å². The molecule has 0 radical (unpaired) electrons. The number of anilines is 1. The number of rotatable bonds is 4. The molecule has 1 heterocycles. The Morgan fingerprint density at radius 1 is 1.53 bits per heavy atom. The van der Waals surface area contributed by atoms with E-state index in [0.29, 0.717) is 12.4 Å². The van der Waals surface area contributed by atoms with Crippen LogP contribution in [-0.4, -0.2) is 19.9 Å². The van der Waals surface area contributed by atoms with Crippen molar-refractivity contribution < 1.29 is 8.42 Å². The first-order chi connectivity index (χ1) is 6.55. The number of nitrogens with one attached hydrogen (secondary N) is 1. The van der Waals surface area contributed by atoms with Crippen molar-refractivity contribution >= 4 is 28.2 Å². The van der Waals surface area contributed by atoms with Gasteiger partial charge in [0.05, 0.1) is 0 Å². The maximum absolute atomic E-state index is 11.1. The molecule has 0 saturated carbocycles. The normalized spacial score (nSPS) is 10.5. The molecule has 0 aliphatic heterocycles. The topological polar surface area (TPSA) is 85.1 Å². The molecule has 1 rings (SSSR count). The quantitative estimate of drug-likeness (QED) is 0.835. The van der Waals surface area contributed by atoms with E-state index < -0.39 is 10.0 Å². The van der Waals surface area contributed by atoms with Crippen LogP contribution in [0.2, 0.25) is 0 Å². The van der Waals surface area contributed by atoms with Crippen LogP contribution in [0, 0.1) is 0 Å². The van der Waals surface area contributed by atoms with Crippen molar-refractivity contribution in [3.63, 3.8) is 0 Å². The van der Waals surface area contributed by atoms with Crippen LogP contribution in [0.4, 0.5) is 5.82 Å². The van der Waals surface area contributed by atoms with Crippen LogP contribution in [0.1, 0.15) is 13.3 Å². The molecule has 0 aliphatic rings. The molecule has 0 amide bonds. The minimum absolute atomic E-state index is 0. The lowest BCUT2D eigenvalue weighted by molar-refractivity contribution is 0.597. The van der Waals surface area contributed by atoms with E-state index in [9.17, 15) is 8.42 Å². The first-order valence-electron chi connectivity index (χ1n) is 4.27. The highest BCUT2D eigenvalue weighted by atomic mass is 35.5. The summed E-state index contributed by atoms with van der Waals surface area (Å²) in [5.74, 6) is 0.317. The number of nitrogens with zero attached hydrogens (tertiary/aromatic N) is 1. The fourth-order valence-electron chi connectivity index (χ4n) is 0.996. The largest absolute Gasteiger partial charge is 0.369 e. The van der Waals surface area contributed by atoms with Gasteiger partial charge in [0.1, 0.15) is 10.7 Å². The second kappa shape index (κ2) is 5.89. The molecule has 5 nitrogen and oxygen atoms in total. The highest BCUT2D eigenvalue weighted by molar-refractivity contribution is 7.89. The van der Waals surface area contributed by atoms with Crippen LogP contribution >= 0.6 is 12.4 Å². The van der Waals surface area contributed by atoms with E-state index in [-0.39, 0.29) is 17.3 Å². The molecule has 1 aromatic heterocycles. The SMILES string of the molecule is CCCNc1ncccc1S(N)(=O)=O.Cl. The first-order valence-corrected chi connectivity index (χ1v) is 5.82. The minimum atomic E-state index is -3.69. The highest BCUT2D eigenvalue weighted by Crippen LogP contribution is 2.15. The van der Waals surface area contributed by atoms with Crippen molar-refractivity contribution in [2.75, 3.05) is 11.9 Å². The lowest BCUT2D eigenvalue weighted by Gasteiger charge is -2.07. The molecule has 0 atom stereocenters. The second-order valence-corrected chi connectivity index (χ2v) is 4.35. The van der Waals surface area contributed by atoms with Gasteiger partial charge in [0.15, 0.2) is 0 Å². The summed E-state index contributed by atoms with van der Waals surface area (Å²) in [4.78, 5) is 3.95. The van der Waals surface area contributed by atoms with Crippen molar-refractivity contribution in [1.29, 1.82) is 0 Å². The van der Waals surface area contributed by atoms with Crippen molar-refractivity contribution in [3.05, 3.63) is 18.3 Å². The Morgan fingerprint density at radius 3 is 2.73 bits per heavy atom. The van der Waals surface area contributed by atoms with Gasteiger partial charge in [-0.1, -0.05) is 6.92 Å². The van der Waals surface area contributed by atoms with Gasteiger partial charge in [-0.3, -0.25) is 0 Å². The number of halogens is 1. The van der Waals surface area contributed by atoms with Crippen molar-refractivity contribution in [2.45, 2.75) is 18.2 Å². The number of sulfonamides is 1. The van der Waals surface area contributed by atoms with Gasteiger partial charge in [-0.05, 0) is 18.6 Å². The number of hydrogen-bond acceptors (Lipinski definition) is 4. The van der Waals surface area contributed by atoms with E-state index in [4.69, 9.17) is 5.14 Å². The summed E-state index contributed by atoms with van der Waals surface area (Å²) >= 11 is 0. The predicted octanol–water partition coefficient (Wildman–Crippen LogP) is 0.973. The highest BCUT2D eigenvalue weighted by Gasteiger charge is 2.13. The first kappa shape index (κ1) is 14.2. The van der Waals surface area contributed by atoms with E-state index in [2.05, 4.69) is 10.3 Å². The molecule has 7 heteroatoms. The number of primary sulfonamides is 1. The number of pyridine rings is 1. The van der Waals surface area contributed by atoms with Crippen LogP contribution in [0.15, 0.2) is 23.2 Å². The summed E-state index contributed by atoms with van der Waals surface area (Å²) in [5.41, 5.74) is 0. The Bertz CT molecular complexity index is 408. The van der Waals surface area contributed by atoms with Crippen molar-refractivity contribution in [3.8, 4) is 0 Å². The van der Waals surface area contributed by atoms with Crippen LogP contribution in [0.3, 0.4) is 0 Å². The molecule has 0 aliphatic carbocycles. The zero-order chi connectivity index (χ0) is 10.6. The van der Waals surface area contributed by atoms with Crippen LogP contribution in [-0.2, 0) is 10.0 Å². The van der Waals surface area contributed by atoms with Crippen molar-refractivity contribution in [2.24, 2.45) is 5.14 Å². The van der Waals surface area contributed by atoms with Gasteiger partial charge < -0.3 is 5.32 Å². The van der Waals surface area contributed by atoms with E-state index in [0.717, 1.165) is 6.42 Å². The molecule has 0 spiro atoms. The van der Waals surface area contributed by atoms with Crippen molar-refractivity contribution in [1.82, 2.24) is 4.98 Å². The summed E-state index contributed by atoms with van der Waals surface area (Å²) in [5, 5.41) is 7.92. The third kappa shape index (κ3) is 4.03. The van der Waals surface area contributed by atoms with Gasteiger partial charge in [-0.25, -0.2) is 18.5 Å². The summed E-state index contributed by atoms with van der Waals surface area (Å²) < 4.78 is 22.2. The van der Waals surface area contributed by atoms with Gasteiger partial charge >= 0.3 is 0 Å². The molecule has 0 unspecified atom stereocenters. The number of nitrogens with two attached hydrogens (primary N) is 1. The minimum Gasteiger partial charge on any atom is -0.369 e. The Labute approximate surface area is 95.5 Å². The van der Waals surface area contributed by atoms with Gasteiger partial charge in [0, 0.05) is 12.7 Å². The van der Waals surface area contributed by atoms with Gasteiger partial charge in [-0.2, -0.15) is 0 Å². The fourth-order valence-corrected chi connectivity index (χ4v) is 1.66. The third-order valence-electron chi connectivity index (χ3n) is 1.62. The average Bonchev–Trinajstić information content (AvgIpc) is 2.14. The molecule has 0 bridgehead atoms. The number of aromatic nitrogens is 1. The molecule has 0 fully saturated rings. The Balaban J connectivity index is 0.00000196. The van der Waals surface area contributed by atoms with Gasteiger partial charge in [0.2, 0.25) is 10.0 Å². The summed E-state index contributed by atoms with van der Waals surface area (Å²) in [6, 6.07) is 2.97. The zero-order valence-corrected chi connectivity index (χ0v) is 9.94. The Hall–Kier alpha value is -0.850. The second-order valence-electron chi connectivity index (χ2n) is 2.82. The molecule has 3 N–H and O–H groups in total. The van der Waals surface area contributed by atoms with Crippen LogP contribution in [0.25, 0.3) is 0 Å². The maximum Gasteiger partial charge on any atom is 0.241 e. The lowest BCUT2D eigenvalue weighted by atomic mass is 10.4.